The van der Waals surface area contributed by atoms with Gasteiger partial charge in [0.15, 0.2) is 0 Å². The number of rotatable bonds is 5. The average molecular weight is 186 g/mol. The first-order chi connectivity index (χ1) is 6.08. The van der Waals surface area contributed by atoms with Crippen LogP contribution in [0.25, 0.3) is 0 Å². The molecule has 0 saturated heterocycles. The Balaban J connectivity index is 0. The number of hydrogen-bond acceptors (Lipinski definition) is 2. The van der Waals surface area contributed by atoms with Crippen molar-refractivity contribution in [1.29, 1.82) is 0 Å². The molecule has 2 nitrogen and oxygen atoms in total. The number of aldehydes is 2. The second-order valence-electron chi connectivity index (χ2n) is 3.70. The molecule has 0 saturated carbocycles. The quantitative estimate of drug-likeness (QED) is 0.619. The minimum atomic E-state index is 0.269. The molecule has 0 bridgehead atoms. The molecular formula is C11H22O2. The molecule has 0 fully saturated rings. The summed E-state index contributed by atoms with van der Waals surface area (Å²) in [7, 11) is 0. The summed E-state index contributed by atoms with van der Waals surface area (Å²) in [6.07, 6.45) is 4.79. The van der Waals surface area contributed by atoms with E-state index in [9.17, 15) is 9.59 Å². The zero-order valence-electron chi connectivity index (χ0n) is 9.25. The van der Waals surface area contributed by atoms with Crippen LogP contribution in [0.5, 0.6) is 0 Å². The predicted molar refractivity (Wildman–Crippen MR) is 55.7 cm³/mol. The van der Waals surface area contributed by atoms with Crippen LogP contribution in [0, 0.1) is 11.8 Å². The van der Waals surface area contributed by atoms with E-state index in [-0.39, 0.29) is 5.92 Å². The van der Waals surface area contributed by atoms with Crippen molar-refractivity contribution in [1.82, 2.24) is 0 Å². The molecular weight excluding hydrogens is 164 g/mol. The Labute approximate surface area is 81.7 Å². The summed E-state index contributed by atoms with van der Waals surface area (Å²) in [4.78, 5) is 19.5. The third-order valence-electron chi connectivity index (χ3n) is 1.54. The first-order valence-corrected chi connectivity index (χ1v) is 4.97. The maximum absolute atomic E-state index is 9.89. The second kappa shape index (κ2) is 11.3. The summed E-state index contributed by atoms with van der Waals surface area (Å²) >= 11 is 0. The van der Waals surface area contributed by atoms with E-state index in [0.717, 1.165) is 25.4 Å². The van der Waals surface area contributed by atoms with Crippen molar-refractivity contribution in [2.45, 2.75) is 47.0 Å². The molecule has 0 amide bonds. The van der Waals surface area contributed by atoms with E-state index >= 15 is 0 Å². The molecule has 0 heterocycles. The molecule has 0 aliphatic rings. The van der Waals surface area contributed by atoms with Crippen LogP contribution in [0.3, 0.4) is 0 Å². The van der Waals surface area contributed by atoms with Crippen molar-refractivity contribution in [3.8, 4) is 0 Å². The van der Waals surface area contributed by atoms with Gasteiger partial charge in [-0.1, -0.05) is 34.1 Å². The van der Waals surface area contributed by atoms with Gasteiger partial charge in [0.2, 0.25) is 0 Å². The lowest BCUT2D eigenvalue weighted by atomic mass is 10.1. The lowest BCUT2D eigenvalue weighted by Crippen LogP contribution is -1.92. The minimum Gasteiger partial charge on any atom is -0.303 e. The lowest BCUT2D eigenvalue weighted by molar-refractivity contribution is -0.111. The molecule has 0 aliphatic heterocycles. The van der Waals surface area contributed by atoms with Gasteiger partial charge in [-0.25, -0.2) is 0 Å². The zero-order valence-corrected chi connectivity index (χ0v) is 9.25. The summed E-state index contributed by atoms with van der Waals surface area (Å²) in [5.41, 5.74) is 0. The largest absolute Gasteiger partial charge is 0.303 e. The zero-order chi connectivity index (χ0) is 10.7. The third kappa shape index (κ3) is 18.4. The summed E-state index contributed by atoms with van der Waals surface area (Å²) in [5, 5.41) is 0. The highest BCUT2D eigenvalue weighted by atomic mass is 16.1. The van der Waals surface area contributed by atoms with Crippen molar-refractivity contribution < 1.29 is 9.59 Å². The van der Waals surface area contributed by atoms with Crippen LogP contribution in [0.4, 0.5) is 0 Å². The summed E-state index contributed by atoms with van der Waals surface area (Å²) in [5.74, 6) is 0.799. The normalized spacial score (nSPS) is 11.5. The number of hydrogen-bond donors (Lipinski definition) is 0. The highest BCUT2D eigenvalue weighted by Crippen LogP contribution is 1.98. The molecule has 0 spiro atoms. The van der Waals surface area contributed by atoms with Crippen LogP contribution < -0.4 is 0 Å². The van der Waals surface area contributed by atoms with Gasteiger partial charge in [-0.3, -0.25) is 0 Å². The van der Waals surface area contributed by atoms with Crippen LogP contribution in [-0.4, -0.2) is 12.6 Å². The first kappa shape index (κ1) is 14.8. The minimum absolute atomic E-state index is 0.269. The molecule has 0 N–H and O–H groups in total. The second-order valence-corrected chi connectivity index (χ2v) is 3.70. The van der Waals surface area contributed by atoms with Gasteiger partial charge < -0.3 is 9.59 Å². The van der Waals surface area contributed by atoms with Gasteiger partial charge >= 0.3 is 0 Å². The summed E-state index contributed by atoms with van der Waals surface area (Å²) in [6.45, 7) is 8.07. The highest BCUT2D eigenvalue weighted by molar-refractivity contribution is 5.52. The Morgan fingerprint density at radius 2 is 1.69 bits per heavy atom. The molecule has 0 aromatic heterocycles. The van der Waals surface area contributed by atoms with Gasteiger partial charge in [0.05, 0.1) is 0 Å². The monoisotopic (exact) mass is 186 g/mol. The predicted octanol–water partition coefficient (Wildman–Crippen LogP) is 2.85. The van der Waals surface area contributed by atoms with Crippen molar-refractivity contribution >= 4 is 12.6 Å². The fraction of sp³-hybridized carbons (Fsp3) is 0.818. The van der Waals surface area contributed by atoms with Crippen molar-refractivity contribution in [2.24, 2.45) is 11.8 Å². The van der Waals surface area contributed by atoms with Gasteiger partial charge in [-0.15, -0.1) is 0 Å². The van der Waals surface area contributed by atoms with Gasteiger partial charge in [0, 0.05) is 12.3 Å². The van der Waals surface area contributed by atoms with Crippen LogP contribution in [0.15, 0.2) is 0 Å². The van der Waals surface area contributed by atoms with Crippen molar-refractivity contribution in [3.63, 3.8) is 0 Å². The SMILES string of the molecule is CC(C)CC=O.CCCC(C)C=O. The van der Waals surface area contributed by atoms with Gasteiger partial charge in [0.1, 0.15) is 12.6 Å². The maximum Gasteiger partial charge on any atom is 0.122 e. The Morgan fingerprint density at radius 3 is 1.77 bits per heavy atom. The highest BCUT2D eigenvalue weighted by Gasteiger charge is 1.93. The molecule has 0 rings (SSSR count). The lowest BCUT2D eigenvalue weighted by Gasteiger charge is -1.94. The van der Waals surface area contributed by atoms with E-state index in [1.807, 2.05) is 20.8 Å². The summed E-state index contributed by atoms with van der Waals surface area (Å²) in [6, 6.07) is 0. The molecule has 1 atom stereocenters. The van der Waals surface area contributed by atoms with Crippen molar-refractivity contribution in [3.05, 3.63) is 0 Å². The maximum atomic E-state index is 9.89. The van der Waals surface area contributed by atoms with E-state index in [1.165, 1.54) is 0 Å². The molecule has 1 unspecified atom stereocenters. The van der Waals surface area contributed by atoms with Gasteiger partial charge in [0.25, 0.3) is 0 Å². The molecule has 2 heteroatoms. The van der Waals surface area contributed by atoms with E-state index in [2.05, 4.69) is 6.92 Å². The summed E-state index contributed by atoms with van der Waals surface area (Å²) < 4.78 is 0. The molecule has 13 heavy (non-hydrogen) atoms. The van der Waals surface area contributed by atoms with Gasteiger partial charge in [-0.05, 0) is 12.3 Å². The number of carbonyl (C=O) groups excluding carboxylic acids is 2. The molecule has 0 aliphatic carbocycles. The van der Waals surface area contributed by atoms with E-state index < -0.39 is 0 Å². The molecule has 0 aromatic rings. The van der Waals surface area contributed by atoms with E-state index in [0.29, 0.717) is 12.3 Å². The van der Waals surface area contributed by atoms with Crippen LogP contribution in [-0.2, 0) is 9.59 Å². The Hall–Kier alpha value is -0.660. The Kier molecular flexibility index (Phi) is 12.9. The topological polar surface area (TPSA) is 34.1 Å². The Morgan fingerprint density at radius 1 is 1.15 bits per heavy atom. The van der Waals surface area contributed by atoms with Crippen LogP contribution in [0.1, 0.15) is 47.0 Å². The fourth-order valence-electron chi connectivity index (χ4n) is 0.716. The molecule has 0 aromatic carbocycles. The Bertz CT molecular complexity index is 119. The van der Waals surface area contributed by atoms with Crippen molar-refractivity contribution in [2.75, 3.05) is 0 Å². The fourth-order valence-corrected chi connectivity index (χ4v) is 0.716. The van der Waals surface area contributed by atoms with E-state index in [1.54, 1.807) is 0 Å². The van der Waals surface area contributed by atoms with Gasteiger partial charge in [-0.2, -0.15) is 0 Å². The number of carbonyl (C=O) groups is 2. The standard InChI is InChI=1S/C6H12O.C5H10O/c1-3-4-6(2)5-7;1-5(2)3-4-6/h5-6H,3-4H2,1-2H3;4-5H,3H2,1-2H3. The van der Waals surface area contributed by atoms with Crippen LogP contribution in [0.2, 0.25) is 0 Å². The molecule has 0 radical (unpaired) electrons. The molecule has 78 valence electrons. The average Bonchev–Trinajstić information content (AvgIpc) is 2.05. The third-order valence-corrected chi connectivity index (χ3v) is 1.54. The van der Waals surface area contributed by atoms with Crippen LogP contribution >= 0.6 is 0 Å². The first-order valence-electron chi connectivity index (χ1n) is 4.97. The van der Waals surface area contributed by atoms with E-state index in [4.69, 9.17) is 0 Å². The smallest absolute Gasteiger partial charge is 0.122 e.